The molecule has 0 aromatic heterocycles. The van der Waals surface area contributed by atoms with Gasteiger partial charge in [-0.2, -0.15) is 0 Å². The fourth-order valence-corrected chi connectivity index (χ4v) is 5.31. The van der Waals surface area contributed by atoms with Gasteiger partial charge in [0.1, 0.15) is 19.0 Å². The van der Waals surface area contributed by atoms with Gasteiger partial charge in [0, 0.05) is 13.7 Å². The van der Waals surface area contributed by atoms with Crippen molar-refractivity contribution in [3.8, 4) is 22.6 Å². The van der Waals surface area contributed by atoms with Crippen LogP contribution in [-0.4, -0.2) is 58.1 Å². The Kier molecular flexibility index (Phi) is 7.26. The van der Waals surface area contributed by atoms with E-state index < -0.39 is 0 Å². The number of rotatable bonds is 7. The molecular weight excluding hydrogens is 438 g/mol. The SMILES string of the molecule is COC1=CC(/C=C/c2cccc(-c3ccc4c(c3)OCCO4)c2C)=CC(OC)C1CN1CCCC1. The number of methoxy groups -OCH3 is 2. The predicted octanol–water partition coefficient (Wildman–Crippen LogP) is 5.64. The maximum absolute atomic E-state index is 5.89. The van der Waals surface area contributed by atoms with Crippen LogP contribution in [-0.2, 0) is 9.47 Å². The first-order chi connectivity index (χ1) is 17.2. The van der Waals surface area contributed by atoms with E-state index in [9.17, 15) is 0 Å². The minimum atomic E-state index is 0.000320. The third kappa shape index (κ3) is 5.16. The number of fused-ring (bicyclic) bond motifs is 1. The van der Waals surface area contributed by atoms with E-state index in [1.165, 1.54) is 42.6 Å². The number of nitrogens with zero attached hydrogens (tertiary/aromatic N) is 1. The third-order valence-electron chi connectivity index (χ3n) is 7.27. The first-order valence-corrected chi connectivity index (χ1v) is 12.6. The van der Waals surface area contributed by atoms with Crippen molar-refractivity contribution in [1.82, 2.24) is 4.90 Å². The summed E-state index contributed by atoms with van der Waals surface area (Å²) in [6.07, 6.45) is 11.3. The zero-order chi connectivity index (χ0) is 24.2. The molecule has 0 radical (unpaired) electrons. The van der Waals surface area contributed by atoms with Crippen LogP contribution in [0.3, 0.4) is 0 Å². The third-order valence-corrected chi connectivity index (χ3v) is 7.27. The van der Waals surface area contributed by atoms with Gasteiger partial charge in [0.2, 0.25) is 0 Å². The van der Waals surface area contributed by atoms with E-state index in [1.807, 2.05) is 6.07 Å². The molecule has 2 aliphatic heterocycles. The van der Waals surface area contributed by atoms with E-state index in [-0.39, 0.29) is 12.0 Å². The summed E-state index contributed by atoms with van der Waals surface area (Å²) in [6.45, 7) is 6.66. The summed E-state index contributed by atoms with van der Waals surface area (Å²) in [5.74, 6) is 2.84. The molecule has 2 atom stereocenters. The molecule has 5 heteroatoms. The molecule has 184 valence electrons. The van der Waals surface area contributed by atoms with Gasteiger partial charge in [0.15, 0.2) is 11.5 Å². The average Bonchev–Trinajstić information content (AvgIpc) is 3.41. The second kappa shape index (κ2) is 10.7. The molecule has 3 aliphatic rings. The van der Waals surface area contributed by atoms with Crippen molar-refractivity contribution in [2.24, 2.45) is 5.92 Å². The van der Waals surface area contributed by atoms with Gasteiger partial charge in [-0.05, 0) is 85.0 Å². The van der Waals surface area contributed by atoms with Crippen LogP contribution in [0.4, 0.5) is 0 Å². The van der Waals surface area contributed by atoms with Crippen LogP contribution in [0, 0.1) is 12.8 Å². The normalized spacial score (nSPS) is 22.3. The van der Waals surface area contributed by atoms with E-state index in [4.69, 9.17) is 18.9 Å². The van der Waals surface area contributed by atoms with Crippen molar-refractivity contribution in [2.75, 3.05) is 47.1 Å². The molecule has 5 nitrogen and oxygen atoms in total. The zero-order valence-electron chi connectivity index (χ0n) is 21.0. The first-order valence-electron chi connectivity index (χ1n) is 12.6. The summed E-state index contributed by atoms with van der Waals surface area (Å²) >= 11 is 0. The van der Waals surface area contributed by atoms with Crippen molar-refractivity contribution in [3.63, 3.8) is 0 Å². The number of hydrogen-bond donors (Lipinski definition) is 0. The highest BCUT2D eigenvalue weighted by atomic mass is 16.6. The molecule has 0 N–H and O–H groups in total. The second-order valence-corrected chi connectivity index (χ2v) is 9.44. The number of hydrogen-bond acceptors (Lipinski definition) is 5. The largest absolute Gasteiger partial charge is 0.501 e. The van der Waals surface area contributed by atoms with Gasteiger partial charge >= 0.3 is 0 Å². The molecule has 2 aromatic rings. The highest BCUT2D eigenvalue weighted by Gasteiger charge is 2.30. The lowest BCUT2D eigenvalue weighted by Gasteiger charge is -2.32. The summed E-state index contributed by atoms with van der Waals surface area (Å²) in [4.78, 5) is 2.52. The number of ether oxygens (including phenoxy) is 4. The van der Waals surface area contributed by atoms with Crippen LogP contribution in [0.2, 0.25) is 0 Å². The van der Waals surface area contributed by atoms with Crippen molar-refractivity contribution in [3.05, 3.63) is 77.1 Å². The molecule has 1 aliphatic carbocycles. The lowest BCUT2D eigenvalue weighted by Crippen LogP contribution is -2.36. The monoisotopic (exact) mass is 473 g/mol. The Labute approximate surface area is 208 Å². The van der Waals surface area contributed by atoms with Crippen LogP contribution < -0.4 is 9.47 Å². The van der Waals surface area contributed by atoms with Gasteiger partial charge in [0.05, 0.1) is 19.1 Å². The highest BCUT2D eigenvalue weighted by molar-refractivity contribution is 5.75. The highest BCUT2D eigenvalue weighted by Crippen LogP contribution is 2.36. The quantitative estimate of drug-likeness (QED) is 0.520. The van der Waals surface area contributed by atoms with Crippen LogP contribution in [0.15, 0.2) is 66.0 Å². The Bertz CT molecular complexity index is 1140. The van der Waals surface area contributed by atoms with Gasteiger partial charge in [-0.25, -0.2) is 0 Å². The first kappa shape index (κ1) is 23.7. The molecule has 2 unspecified atom stereocenters. The van der Waals surface area contributed by atoms with Crippen LogP contribution in [0.25, 0.3) is 17.2 Å². The Morgan fingerprint density at radius 3 is 2.57 bits per heavy atom. The summed E-state index contributed by atoms with van der Waals surface area (Å²) < 4.78 is 23.2. The molecule has 35 heavy (non-hydrogen) atoms. The van der Waals surface area contributed by atoms with E-state index >= 15 is 0 Å². The standard InChI is InChI=1S/C30H35NO4/c1-21-23(7-6-8-25(21)24-11-12-27-30(19-24)35-16-15-34-27)10-9-22-17-28(32-2)26(29(18-22)33-3)20-31-13-4-5-14-31/h6-12,17-19,26,28H,4-5,13-16,20H2,1-3H3/b10-9+. The summed E-state index contributed by atoms with van der Waals surface area (Å²) in [5.41, 5.74) is 5.83. The average molecular weight is 474 g/mol. The topological polar surface area (TPSA) is 40.2 Å². The lowest BCUT2D eigenvalue weighted by molar-refractivity contribution is 0.0584. The molecular formula is C30H35NO4. The van der Waals surface area contributed by atoms with Gasteiger partial charge < -0.3 is 23.8 Å². The maximum Gasteiger partial charge on any atom is 0.161 e. The maximum atomic E-state index is 5.89. The minimum Gasteiger partial charge on any atom is -0.501 e. The van der Waals surface area contributed by atoms with Crippen molar-refractivity contribution >= 4 is 6.08 Å². The predicted molar refractivity (Wildman–Crippen MR) is 140 cm³/mol. The smallest absolute Gasteiger partial charge is 0.161 e. The molecule has 0 spiro atoms. The van der Waals surface area contributed by atoms with Gasteiger partial charge in [0.25, 0.3) is 0 Å². The molecule has 0 amide bonds. The van der Waals surface area contributed by atoms with Crippen LogP contribution in [0.1, 0.15) is 24.0 Å². The molecule has 2 heterocycles. The Morgan fingerprint density at radius 2 is 1.80 bits per heavy atom. The molecule has 5 rings (SSSR count). The van der Waals surface area contributed by atoms with E-state index in [1.54, 1.807) is 14.2 Å². The minimum absolute atomic E-state index is 0.000320. The summed E-state index contributed by atoms with van der Waals surface area (Å²) in [5, 5.41) is 0. The lowest BCUT2D eigenvalue weighted by atomic mass is 9.90. The van der Waals surface area contributed by atoms with Gasteiger partial charge in [-0.15, -0.1) is 0 Å². The fraction of sp³-hybridized carbons (Fsp3) is 0.400. The van der Waals surface area contributed by atoms with E-state index in [0.29, 0.717) is 13.2 Å². The number of likely N-dealkylation sites (tertiary alicyclic amines) is 1. The fourth-order valence-electron chi connectivity index (χ4n) is 5.31. The summed E-state index contributed by atoms with van der Waals surface area (Å²) in [7, 11) is 3.56. The Hall–Kier alpha value is -3.02. The van der Waals surface area contributed by atoms with E-state index in [2.05, 4.69) is 66.5 Å². The molecule has 0 saturated carbocycles. The van der Waals surface area contributed by atoms with Crippen LogP contribution >= 0.6 is 0 Å². The van der Waals surface area contributed by atoms with Crippen molar-refractivity contribution < 1.29 is 18.9 Å². The van der Waals surface area contributed by atoms with Crippen LogP contribution in [0.5, 0.6) is 11.5 Å². The van der Waals surface area contributed by atoms with Crippen molar-refractivity contribution in [2.45, 2.75) is 25.9 Å². The Balaban J connectivity index is 1.37. The number of allylic oxidation sites excluding steroid dienone is 3. The van der Waals surface area contributed by atoms with E-state index in [0.717, 1.165) is 34.9 Å². The molecule has 2 aromatic carbocycles. The Morgan fingerprint density at radius 1 is 1.00 bits per heavy atom. The van der Waals surface area contributed by atoms with Gasteiger partial charge in [-0.3, -0.25) is 0 Å². The second-order valence-electron chi connectivity index (χ2n) is 9.44. The summed E-state index contributed by atoms with van der Waals surface area (Å²) in [6, 6.07) is 12.6. The zero-order valence-corrected chi connectivity index (χ0v) is 21.0. The van der Waals surface area contributed by atoms with Crippen molar-refractivity contribution in [1.29, 1.82) is 0 Å². The van der Waals surface area contributed by atoms with Gasteiger partial charge in [-0.1, -0.05) is 36.4 Å². The number of benzene rings is 2. The molecule has 1 saturated heterocycles. The molecule has 0 bridgehead atoms. The molecule has 1 fully saturated rings.